The molecule has 14 heteroatoms. The molecule has 254 valence electrons. The average molecular weight is 676 g/mol. The number of fused-ring (bicyclic) bond motifs is 5. The predicted octanol–water partition coefficient (Wildman–Crippen LogP) is 3.53. The predicted molar refractivity (Wildman–Crippen MR) is 180 cm³/mol. The summed E-state index contributed by atoms with van der Waals surface area (Å²) in [5.41, 5.74) is 11.9. The minimum Gasteiger partial charge on any atom is -0.461 e. The van der Waals surface area contributed by atoms with Gasteiger partial charge in [0.15, 0.2) is 5.84 Å². The van der Waals surface area contributed by atoms with Crippen molar-refractivity contribution in [1.29, 1.82) is 0 Å². The first-order valence-electron chi connectivity index (χ1n) is 17.4. The summed E-state index contributed by atoms with van der Waals surface area (Å²) < 4.78 is 23.2. The number of anilines is 1. The van der Waals surface area contributed by atoms with E-state index in [1.54, 1.807) is 5.01 Å². The van der Waals surface area contributed by atoms with Gasteiger partial charge in [0.2, 0.25) is 0 Å². The van der Waals surface area contributed by atoms with E-state index < -0.39 is 6.17 Å². The fraction of sp³-hybridized carbons (Fsp3) is 0.588. The van der Waals surface area contributed by atoms with Crippen LogP contribution in [0.25, 0.3) is 0 Å². The number of aryl methyl sites for hydroxylation is 2. The molecule has 0 radical (unpaired) electrons. The number of alkyl halides is 1. The number of nitrogens with one attached hydrogen (secondary N) is 2. The Labute approximate surface area is 285 Å². The van der Waals surface area contributed by atoms with Crippen LogP contribution in [-0.4, -0.2) is 92.4 Å². The smallest absolute Gasteiger partial charge is 0.318 e. The Morgan fingerprint density at radius 3 is 2.83 bits per heavy atom. The van der Waals surface area contributed by atoms with Gasteiger partial charge >= 0.3 is 6.01 Å². The van der Waals surface area contributed by atoms with E-state index in [9.17, 15) is 4.39 Å². The Balaban J connectivity index is 1.10. The van der Waals surface area contributed by atoms with Crippen LogP contribution in [0.15, 0.2) is 29.4 Å². The number of hydrazine groups is 2. The third-order valence-electron chi connectivity index (χ3n) is 11.8. The van der Waals surface area contributed by atoms with Crippen LogP contribution in [-0.2, 0) is 38.0 Å². The molecule has 5 aliphatic heterocycles. The number of likely N-dealkylation sites (N-methyl/N-ethyl adjacent to an activating group) is 1. The molecular formula is C34H43ClFN11O. The second-order valence-corrected chi connectivity index (χ2v) is 14.9. The first kappa shape index (κ1) is 30.5. The SMILES string of the molecule is CN1NNN=C1c1nn2c(c1Cl)CN(c1nc(OC[C@@]34CCCN3C[C@H](F)C4)nc3c1CN(C)[C@@]1(CCCc4ccccc41)C3)CCC2. The summed E-state index contributed by atoms with van der Waals surface area (Å²) in [7, 11) is 4.13. The van der Waals surface area contributed by atoms with Gasteiger partial charge in [-0.3, -0.25) is 19.5 Å². The summed E-state index contributed by atoms with van der Waals surface area (Å²) >= 11 is 7.07. The standard InChI is InChI=1S/C34H43ClFN11O/c1-43-19-24-26(17-34(43)12-5-9-22-8-3-4-10-25(22)34)37-32(48-21-33-11-6-14-46(33)18-23(36)16-33)38-30(24)45-13-7-15-47-27(20-45)28(35)29(40-47)31-39-41-42-44(31)2/h3-4,8,10,23,41-42H,5-7,9,11-21H2,1-2H3/t23-,33+,34+/m1/s1. The van der Waals surface area contributed by atoms with Crippen molar-refractivity contribution in [2.45, 2.75) is 88.3 Å². The lowest BCUT2D eigenvalue weighted by atomic mass is 9.71. The first-order chi connectivity index (χ1) is 23.3. The summed E-state index contributed by atoms with van der Waals surface area (Å²) in [6.45, 7) is 4.63. The van der Waals surface area contributed by atoms with E-state index in [-0.39, 0.29) is 11.1 Å². The summed E-state index contributed by atoms with van der Waals surface area (Å²) in [6.07, 6.45) is 6.70. The summed E-state index contributed by atoms with van der Waals surface area (Å²) in [5, 5.41) is 11.6. The lowest BCUT2D eigenvalue weighted by Gasteiger charge is -2.49. The lowest BCUT2D eigenvalue weighted by Crippen LogP contribution is -2.51. The molecule has 2 fully saturated rings. The zero-order valence-electron chi connectivity index (χ0n) is 27.7. The zero-order chi connectivity index (χ0) is 32.6. The van der Waals surface area contributed by atoms with Gasteiger partial charge in [-0.25, -0.2) is 9.93 Å². The highest BCUT2D eigenvalue weighted by Gasteiger charge is 2.50. The van der Waals surface area contributed by atoms with Gasteiger partial charge in [0.25, 0.3) is 0 Å². The highest BCUT2D eigenvalue weighted by molar-refractivity contribution is 6.34. The van der Waals surface area contributed by atoms with Crippen molar-refractivity contribution < 1.29 is 9.13 Å². The number of halogens is 2. The van der Waals surface area contributed by atoms with Crippen LogP contribution in [0.3, 0.4) is 0 Å². The van der Waals surface area contributed by atoms with Gasteiger partial charge in [0, 0.05) is 51.6 Å². The van der Waals surface area contributed by atoms with Crippen molar-refractivity contribution in [2.24, 2.45) is 5.10 Å². The number of aromatic nitrogens is 4. The average Bonchev–Trinajstić information content (AvgIpc) is 3.79. The molecular weight excluding hydrogens is 633 g/mol. The van der Waals surface area contributed by atoms with Crippen LogP contribution in [0.4, 0.5) is 10.2 Å². The second-order valence-electron chi connectivity index (χ2n) is 14.5. The van der Waals surface area contributed by atoms with E-state index in [0.717, 1.165) is 93.9 Å². The molecule has 1 aliphatic carbocycles. The fourth-order valence-electron chi connectivity index (χ4n) is 9.35. The monoisotopic (exact) mass is 675 g/mol. The molecule has 0 saturated carbocycles. The number of hydrogen-bond acceptors (Lipinski definition) is 11. The van der Waals surface area contributed by atoms with Gasteiger partial charge in [-0.1, -0.05) is 35.9 Å². The van der Waals surface area contributed by atoms with E-state index in [0.29, 0.717) is 48.7 Å². The molecule has 2 aromatic heterocycles. The summed E-state index contributed by atoms with van der Waals surface area (Å²) in [6, 6.07) is 9.30. The van der Waals surface area contributed by atoms with Gasteiger partial charge in [-0.2, -0.15) is 15.1 Å². The first-order valence-corrected chi connectivity index (χ1v) is 17.8. The van der Waals surface area contributed by atoms with Crippen LogP contribution in [0.5, 0.6) is 6.01 Å². The van der Waals surface area contributed by atoms with E-state index >= 15 is 0 Å². The summed E-state index contributed by atoms with van der Waals surface area (Å²) in [5.74, 6) is 1.53. The maximum atomic E-state index is 14.6. The molecule has 6 aliphatic rings. The Morgan fingerprint density at radius 2 is 1.96 bits per heavy atom. The molecule has 2 saturated heterocycles. The second kappa shape index (κ2) is 11.5. The number of amidine groups is 1. The molecule has 1 spiro atoms. The molecule has 48 heavy (non-hydrogen) atoms. The largest absolute Gasteiger partial charge is 0.461 e. The molecule has 0 bridgehead atoms. The zero-order valence-corrected chi connectivity index (χ0v) is 28.4. The number of hydrazone groups is 1. The normalized spacial score (nSPS) is 28.5. The number of ether oxygens (including phenoxy) is 1. The van der Waals surface area contributed by atoms with Gasteiger partial charge in [-0.05, 0) is 63.2 Å². The number of nitrogens with zero attached hydrogens (tertiary/aromatic N) is 9. The van der Waals surface area contributed by atoms with Gasteiger partial charge < -0.3 is 9.64 Å². The van der Waals surface area contributed by atoms with Crippen molar-refractivity contribution in [3.8, 4) is 6.01 Å². The Morgan fingerprint density at radius 1 is 1.06 bits per heavy atom. The van der Waals surface area contributed by atoms with Crippen molar-refractivity contribution >= 4 is 23.3 Å². The Hall–Kier alpha value is -3.52. The van der Waals surface area contributed by atoms with Crippen molar-refractivity contribution in [2.75, 3.05) is 45.2 Å². The minimum absolute atomic E-state index is 0.135. The number of rotatable bonds is 5. The van der Waals surface area contributed by atoms with Crippen molar-refractivity contribution in [3.05, 3.63) is 63.1 Å². The van der Waals surface area contributed by atoms with Crippen LogP contribution in [0, 0.1) is 0 Å². The van der Waals surface area contributed by atoms with E-state index in [1.807, 2.05) is 11.7 Å². The highest BCUT2D eigenvalue weighted by Crippen LogP contribution is 2.47. The fourth-order valence-corrected chi connectivity index (χ4v) is 9.63. The molecule has 3 aromatic rings. The van der Waals surface area contributed by atoms with Crippen LogP contribution < -0.4 is 20.7 Å². The topological polar surface area (TPSA) is 102 Å². The van der Waals surface area contributed by atoms with E-state index in [4.69, 9.17) is 31.4 Å². The lowest BCUT2D eigenvalue weighted by molar-refractivity contribution is 0.0714. The van der Waals surface area contributed by atoms with Crippen LogP contribution in [0.1, 0.15) is 72.3 Å². The van der Waals surface area contributed by atoms with Crippen molar-refractivity contribution in [1.82, 2.24) is 45.6 Å². The highest BCUT2D eigenvalue weighted by atomic mass is 35.5. The molecule has 2 N–H and O–H groups in total. The summed E-state index contributed by atoms with van der Waals surface area (Å²) in [4.78, 5) is 17.5. The maximum absolute atomic E-state index is 14.6. The maximum Gasteiger partial charge on any atom is 0.318 e. The molecule has 1 aromatic carbocycles. The molecule has 0 amide bonds. The number of hydrogen-bond donors (Lipinski definition) is 2. The quantitative estimate of drug-likeness (QED) is 0.418. The molecule has 9 rings (SSSR count). The third-order valence-corrected chi connectivity index (χ3v) is 12.2. The van der Waals surface area contributed by atoms with Gasteiger partial charge in [0.1, 0.15) is 24.3 Å². The Kier molecular flexibility index (Phi) is 7.34. The van der Waals surface area contributed by atoms with Crippen LogP contribution in [0.2, 0.25) is 5.02 Å². The van der Waals surface area contributed by atoms with Gasteiger partial charge in [-0.15, -0.1) is 10.6 Å². The molecule has 12 nitrogen and oxygen atoms in total. The van der Waals surface area contributed by atoms with Crippen LogP contribution >= 0.6 is 11.6 Å². The van der Waals surface area contributed by atoms with E-state index in [2.05, 4.69) is 62.2 Å². The van der Waals surface area contributed by atoms with Gasteiger partial charge in [0.05, 0.1) is 34.0 Å². The Bertz CT molecular complexity index is 1780. The minimum atomic E-state index is -0.811. The molecule has 0 unspecified atom stereocenters. The third kappa shape index (κ3) is 4.79. The molecule has 3 atom stereocenters. The van der Waals surface area contributed by atoms with Crippen molar-refractivity contribution in [3.63, 3.8) is 0 Å². The van der Waals surface area contributed by atoms with E-state index in [1.165, 1.54) is 11.1 Å². The molecule has 7 heterocycles. The number of benzene rings is 1.